The Hall–Kier alpha value is -4.20. The van der Waals surface area contributed by atoms with Gasteiger partial charge in [0.2, 0.25) is 21.8 Å². The predicted molar refractivity (Wildman–Crippen MR) is 185 cm³/mol. The number of carbonyl (C=O) groups excluding carboxylic acids is 4. The molecule has 12 nitrogen and oxygen atoms in total. The van der Waals surface area contributed by atoms with E-state index in [0.29, 0.717) is 29.1 Å². The normalized spacial score (nSPS) is 15.7. The summed E-state index contributed by atoms with van der Waals surface area (Å²) < 4.78 is 40.1. The van der Waals surface area contributed by atoms with Crippen LogP contribution in [0.3, 0.4) is 0 Å². The van der Waals surface area contributed by atoms with E-state index < -0.39 is 58.5 Å². The molecule has 0 radical (unpaired) electrons. The first-order valence-electron chi connectivity index (χ1n) is 16.0. The van der Waals surface area contributed by atoms with Crippen LogP contribution in [0.15, 0.2) is 71.6 Å². The minimum atomic E-state index is -4.32. The van der Waals surface area contributed by atoms with Crippen molar-refractivity contribution in [1.29, 1.82) is 0 Å². The van der Waals surface area contributed by atoms with Crippen LogP contribution in [-0.4, -0.2) is 87.0 Å². The Labute approximate surface area is 292 Å². The Bertz CT molecular complexity index is 1760. The molecular weight excluding hydrogens is 672 g/mol. The fraction of sp³-hybridized carbons (Fsp3) is 0.429. The molecule has 1 heterocycles. The molecule has 14 heteroatoms. The maximum atomic E-state index is 14.1. The first-order valence-corrected chi connectivity index (χ1v) is 17.9. The van der Waals surface area contributed by atoms with Crippen molar-refractivity contribution in [2.45, 2.75) is 63.1 Å². The Balaban J connectivity index is 1.54. The zero-order valence-electron chi connectivity index (χ0n) is 28.1. The maximum Gasteiger partial charge on any atom is 0.410 e. The van der Waals surface area contributed by atoms with Gasteiger partial charge in [-0.15, -0.1) is 0 Å². The second-order valence-electron chi connectivity index (χ2n) is 13.0. The van der Waals surface area contributed by atoms with Gasteiger partial charge in [0, 0.05) is 31.2 Å². The first kappa shape index (κ1) is 37.6. The van der Waals surface area contributed by atoms with Gasteiger partial charge in [-0.2, -0.15) is 4.72 Å². The first-order chi connectivity index (χ1) is 23.1. The number of methoxy groups -OCH3 is 1. The van der Waals surface area contributed by atoms with Gasteiger partial charge in [0.1, 0.15) is 18.2 Å². The quantitative estimate of drug-likeness (QED) is 0.261. The molecule has 0 aliphatic carbocycles. The van der Waals surface area contributed by atoms with Crippen LogP contribution in [0.4, 0.5) is 4.79 Å². The molecule has 3 amide bonds. The Morgan fingerprint density at radius 3 is 2.39 bits per heavy atom. The Kier molecular flexibility index (Phi) is 12.6. The molecule has 0 saturated carbocycles. The van der Waals surface area contributed by atoms with Gasteiger partial charge in [-0.05, 0) is 80.1 Å². The highest BCUT2D eigenvalue weighted by Crippen LogP contribution is 2.22. The molecule has 0 bridgehead atoms. The molecule has 0 unspecified atom stereocenters. The molecule has 1 aliphatic heterocycles. The summed E-state index contributed by atoms with van der Waals surface area (Å²) >= 11 is 6.03. The molecule has 4 rings (SSSR count). The van der Waals surface area contributed by atoms with Gasteiger partial charge in [-0.25, -0.2) is 13.2 Å². The largest absolute Gasteiger partial charge is 0.468 e. The van der Waals surface area contributed by atoms with E-state index in [0.717, 1.165) is 23.1 Å². The standard InChI is InChI=1S/C35H43ClN4O8S/c1-35(2,3)48-34(44)39-17-7-8-25(22-39)20-37-31(41)19-30(38-49(45,46)29-16-13-26-9-5-6-10-27(26)18-29)33(43)40(23-32(42)47-4)21-24-11-14-28(36)15-12-24/h5-6,9-16,18,25,30,38H,7-8,17,19-23H2,1-4H3,(H,37,41)/t25-,30-/m0/s1. The number of esters is 1. The van der Waals surface area contributed by atoms with E-state index in [1.807, 2.05) is 12.1 Å². The van der Waals surface area contributed by atoms with Crippen molar-refractivity contribution < 1.29 is 37.1 Å². The van der Waals surface area contributed by atoms with Crippen LogP contribution in [0.5, 0.6) is 0 Å². The number of hydrogen-bond acceptors (Lipinski definition) is 8. The lowest BCUT2D eigenvalue weighted by molar-refractivity contribution is -0.148. The van der Waals surface area contributed by atoms with Crippen molar-refractivity contribution in [3.8, 4) is 0 Å². The van der Waals surface area contributed by atoms with Gasteiger partial charge >= 0.3 is 12.1 Å². The smallest absolute Gasteiger partial charge is 0.410 e. The molecule has 264 valence electrons. The third kappa shape index (κ3) is 11.2. The number of likely N-dealkylation sites (tertiary alicyclic amines) is 1. The molecule has 0 spiro atoms. The number of fused-ring (bicyclic) bond motifs is 1. The fourth-order valence-electron chi connectivity index (χ4n) is 5.47. The van der Waals surface area contributed by atoms with Crippen LogP contribution in [0.2, 0.25) is 5.02 Å². The minimum absolute atomic E-state index is 0.0746. The van der Waals surface area contributed by atoms with E-state index in [1.54, 1.807) is 68.1 Å². The lowest BCUT2D eigenvalue weighted by Gasteiger charge is -2.34. The zero-order chi connectivity index (χ0) is 35.8. The number of halogens is 1. The average Bonchev–Trinajstić information content (AvgIpc) is 3.06. The van der Waals surface area contributed by atoms with E-state index in [2.05, 4.69) is 10.0 Å². The summed E-state index contributed by atoms with van der Waals surface area (Å²) in [4.78, 5) is 55.1. The Morgan fingerprint density at radius 1 is 1.02 bits per heavy atom. The molecule has 1 aliphatic rings. The second kappa shape index (κ2) is 16.5. The predicted octanol–water partition coefficient (Wildman–Crippen LogP) is 4.50. The summed E-state index contributed by atoms with van der Waals surface area (Å²) in [5, 5.41) is 4.79. The van der Waals surface area contributed by atoms with Crippen LogP contribution in [0.25, 0.3) is 10.8 Å². The van der Waals surface area contributed by atoms with Crippen LogP contribution in [-0.2, 0) is 40.4 Å². The number of benzene rings is 3. The SMILES string of the molecule is COC(=O)CN(Cc1ccc(Cl)cc1)C(=O)[C@H](CC(=O)NC[C@@H]1CCCN(C(=O)OC(C)(C)C)C1)NS(=O)(=O)c1ccc2ccccc2c1. The fourth-order valence-corrected chi connectivity index (χ4v) is 6.82. The molecule has 0 aromatic heterocycles. The van der Waals surface area contributed by atoms with Crippen LogP contribution in [0, 0.1) is 5.92 Å². The van der Waals surface area contributed by atoms with Gasteiger partial charge < -0.3 is 24.6 Å². The van der Waals surface area contributed by atoms with Gasteiger partial charge in [0.15, 0.2) is 0 Å². The number of hydrogen-bond donors (Lipinski definition) is 2. The molecular formula is C35H43ClN4O8S. The van der Waals surface area contributed by atoms with Gasteiger partial charge in [0.05, 0.1) is 18.4 Å². The monoisotopic (exact) mass is 714 g/mol. The summed E-state index contributed by atoms with van der Waals surface area (Å²) in [6.07, 6.45) is 0.500. The number of nitrogens with zero attached hydrogens (tertiary/aromatic N) is 2. The van der Waals surface area contributed by atoms with Crippen molar-refractivity contribution in [2.75, 3.05) is 33.3 Å². The summed E-state index contributed by atoms with van der Waals surface area (Å²) in [5.41, 5.74) is -0.0240. The molecule has 2 atom stereocenters. The van der Waals surface area contributed by atoms with E-state index >= 15 is 0 Å². The number of carbonyl (C=O) groups is 4. The van der Waals surface area contributed by atoms with E-state index in [9.17, 15) is 27.6 Å². The van der Waals surface area contributed by atoms with Crippen molar-refractivity contribution in [2.24, 2.45) is 5.92 Å². The second-order valence-corrected chi connectivity index (χ2v) is 15.2. The molecule has 3 aromatic rings. The maximum absolute atomic E-state index is 14.1. The summed E-state index contributed by atoms with van der Waals surface area (Å²) in [7, 11) is -3.15. The number of ether oxygens (including phenoxy) is 2. The molecule has 2 N–H and O–H groups in total. The number of rotatable bonds is 12. The highest BCUT2D eigenvalue weighted by molar-refractivity contribution is 7.89. The summed E-state index contributed by atoms with van der Waals surface area (Å²) in [6, 6.07) is 16.8. The van der Waals surface area contributed by atoms with E-state index in [4.69, 9.17) is 21.1 Å². The number of nitrogens with one attached hydrogen (secondary N) is 2. The number of piperidine rings is 1. The topological polar surface area (TPSA) is 151 Å². The molecule has 49 heavy (non-hydrogen) atoms. The average molecular weight is 715 g/mol. The lowest BCUT2D eigenvalue weighted by Crippen LogP contribution is -2.52. The van der Waals surface area contributed by atoms with Gasteiger partial charge in [-0.1, -0.05) is 54.1 Å². The van der Waals surface area contributed by atoms with Gasteiger partial charge in [-0.3, -0.25) is 14.4 Å². The van der Waals surface area contributed by atoms with Crippen LogP contribution < -0.4 is 10.0 Å². The lowest BCUT2D eigenvalue weighted by atomic mass is 9.98. The molecule has 1 saturated heterocycles. The van der Waals surface area contributed by atoms with Crippen molar-refractivity contribution in [3.63, 3.8) is 0 Å². The van der Waals surface area contributed by atoms with Crippen molar-refractivity contribution >= 4 is 56.3 Å². The minimum Gasteiger partial charge on any atom is -0.468 e. The number of sulfonamides is 1. The highest BCUT2D eigenvalue weighted by Gasteiger charge is 2.33. The summed E-state index contributed by atoms with van der Waals surface area (Å²) in [5.74, 6) is -2.18. The number of amides is 3. The van der Waals surface area contributed by atoms with Crippen LogP contribution >= 0.6 is 11.6 Å². The molecule has 1 fully saturated rings. The van der Waals surface area contributed by atoms with Crippen molar-refractivity contribution in [1.82, 2.24) is 19.8 Å². The summed E-state index contributed by atoms with van der Waals surface area (Å²) in [6.45, 7) is 5.92. The zero-order valence-corrected chi connectivity index (χ0v) is 29.7. The third-order valence-electron chi connectivity index (χ3n) is 7.92. The van der Waals surface area contributed by atoms with E-state index in [1.165, 1.54) is 19.2 Å². The van der Waals surface area contributed by atoms with Crippen LogP contribution in [0.1, 0.15) is 45.6 Å². The highest BCUT2D eigenvalue weighted by atomic mass is 35.5. The van der Waals surface area contributed by atoms with Gasteiger partial charge in [0.25, 0.3) is 0 Å². The van der Waals surface area contributed by atoms with Crippen molar-refractivity contribution in [3.05, 3.63) is 77.3 Å². The van der Waals surface area contributed by atoms with E-state index in [-0.39, 0.29) is 23.9 Å². The Morgan fingerprint density at radius 2 is 1.71 bits per heavy atom. The molecule has 3 aromatic carbocycles. The third-order valence-corrected chi connectivity index (χ3v) is 9.64.